The van der Waals surface area contributed by atoms with Crippen LogP contribution in [0.15, 0.2) is 53.4 Å². The van der Waals surface area contributed by atoms with Crippen molar-refractivity contribution in [1.29, 1.82) is 0 Å². The average Bonchev–Trinajstić information content (AvgIpc) is 3.07. The van der Waals surface area contributed by atoms with Gasteiger partial charge in [0.05, 0.1) is 10.6 Å². The molecule has 7 heteroatoms. The summed E-state index contributed by atoms with van der Waals surface area (Å²) in [6.07, 6.45) is 5.02. The minimum atomic E-state index is -3.77. The molecule has 2 N–H and O–H groups in total. The molecule has 0 radical (unpaired) electrons. The van der Waals surface area contributed by atoms with E-state index in [0.29, 0.717) is 28.7 Å². The van der Waals surface area contributed by atoms with Crippen LogP contribution in [-0.4, -0.2) is 14.3 Å². The lowest BCUT2D eigenvalue weighted by molar-refractivity contribution is -0.117. The summed E-state index contributed by atoms with van der Waals surface area (Å²) in [5, 5.41) is 3.24. The van der Waals surface area contributed by atoms with Crippen LogP contribution in [-0.2, 0) is 14.8 Å². The first-order valence-electron chi connectivity index (χ1n) is 8.61. The second kappa shape index (κ2) is 8.10. The topological polar surface area (TPSA) is 75.3 Å². The first kappa shape index (κ1) is 18.7. The van der Waals surface area contributed by atoms with E-state index in [1.54, 1.807) is 30.3 Å². The number of nitrogens with one attached hydrogen (secondary N) is 2. The van der Waals surface area contributed by atoms with Gasteiger partial charge in [-0.2, -0.15) is 0 Å². The fourth-order valence-electron chi connectivity index (χ4n) is 3.20. The summed E-state index contributed by atoms with van der Waals surface area (Å²) >= 11 is 5.89. The van der Waals surface area contributed by atoms with Gasteiger partial charge in [-0.05, 0) is 55.2 Å². The van der Waals surface area contributed by atoms with Crippen LogP contribution in [0.25, 0.3) is 0 Å². The number of carbonyl (C=O) groups excluding carboxylic acids is 1. The summed E-state index contributed by atoms with van der Waals surface area (Å²) in [4.78, 5) is 12.2. The molecule has 2 aromatic rings. The third kappa shape index (κ3) is 4.99. The summed E-state index contributed by atoms with van der Waals surface area (Å²) in [5.41, 5.74) is 0.857. The lowest BCUT2D eigenvalue weighted by Crippen LogP contribution is -2.16. The molecule has 0 heterocycles. The Morgan fingerprint density at radius 3 is 2.46 bits per heavy atom. The van der Waals surface area contributed by atoms with E-state index in [9.17, 15) is 13.2 Å². The van der Waals surface area contributed by atoms with Gasteiger partial charge in [0.2, 0.25) is 5.91 Å². The van der Waals surface area contributed by atoms with Gasteiger partial charge in [-0.15, -0.1) is 0 Å². The van der Waals surface area contributed by atoms with Crippen LogP contribution in [0.3, 0.4) is 0 Å². The van der Waals surface area contributed by atoms with Crippen LogP contribution in [0.5, 0.6) is 0 Å². The minimum absolute atomic E-state index is 0.0748. The van der Waals surface area contributed by atoms with Crippen LogP contribution in [0.4, 0.5) is 11.4 Å². The highest BCUT2D eigenvalue weighted by molar-refractivity contribution is 7.92. The number of hydrogen-bond acceptors (Lipinski definition) is 3. The molecular weight excluding hydrogens is 372 g/mol. The maximum atomic E-state index is 12.6. The Hall–Kier alpha value is -2.05. The van der Waals surface area contributed by atoms with Gasteiger partial charge >= 0.3 is 0 Å². The van der Waals surface area contributed by atoms with Gasteiger partial charge in [-0.25, -0.2) is 8.42 Å². The highest BCUT2D eigenvalue weighted by Gasteiger charge is 2.19. The smallest absolute Gasteiger partial charge is 0.261 e. The van der Waals surface area contributed by atoms with Gasteiger partial charge in [0, 0.05) is 17.1 Å². The van der Waals surface area contributed by atoms with E-state index in [-0.39, 0.29) is 10.8 Å². The number of halogens is 1. The Morgan fingerprint density at radius 2 is 1.73 bits per heavy atom. The van der Waals surface area contributed by atoms with E-state index >= 15 is 0 Å². The molecule has 0 aliphatic heterocycles. The molecule has 3 rings (SSSR count). The predicted octanol–water partition coefficient (Wildman–Crippen LogP) is 4.66. The molecule has 1 aliphatic carbocycles. The van der Waals surface area contributed by atoms with Gasteiger partial charge in [0.25, 0.3) is 10.0 Å². The number of hydrogen-bond donors (Lipinski definition) is 2. The zero-order chi connectivity index (χ0) is 18.6. The Morgan fingerprint density at radius 1 is 1.04 bits per heavy atom. The zero-order valence-electron chi connectivity index (χ0n) is 14.2. The van der Waals surface area contributed by atoms with Crippen molar-refractivity contribution in [3.8, 4) is 0 Å². The van der Waals surface area contributed by atoms with Crippen molar-refractivity contribution in [3.05, 3.63) is 53.6 Å². The van der Waals surface area contributed by atoms with Crippen molar-refractivity contribution in [2.24, 2.45) is 5.92 Å². The normalized spacial score (nSPS) is 15.0. The van der Waals surface area contributed by atoms with E-state index in [2.05, 4.69) is 10.0 Å². The first-order valence-corrected chi connectivity index (χ1v) is 10.5. The molecule has 0 spiro atoms. The molecule has 1 fully saturated rings. The second-order valence-corrected chi connectivity index (χ2v) is 8.67. The van der Waals surface area contributed by atoms with Crippen molar-refractivity contribution >= 4 is 38.9 Å². The molecule has 0 bridgehead atoms. The Labute approximate surface area is 158 Å². The Bertz CT molecular complexity index is 893. The number of amides is 1. The molecule has 26 heavy (non-hydrogen) atoms. The molecule has 5 nitrogen and oxygen atoms in total. The summed E-state index contributed by atoms with van der Waals surface area (Å²) in [6.45, 7) is 0. The minimum Gasteiger partial charge on any atom is -0.326 e. The third-order valence-corrected chi connectivity index (χ3v) is 6.07. The Kier molecular flexibility index (Phi) is 5.84. The van der Waals surface area contributed by atoms with Crippen molar-refractivity contribution in [3.63, 3.8) is 0 Å². The maximum absolute atomic E-state index is 12.6. The second-order valence-electron chi connectivity index (χ2n) is 6.55. The molecule has 1 amide bonds. The molecule has 2 aromatic carbocycles. The van der Waals surface area contributed by atoms with E-state index in [4.69, 9.17) is 11.6 Å². The molecule has 1 aliphatic rings. The number of anilines is 2. The number of benzene rings is 2. The van der Waals surface area contributed by atoms with Gasteiger partial charge < -0.3 is 5.32 Å². The number of carbonyl (C=O) groups is 1. The van der Waals surface area contributed by atoms with Crippen molar-refractivity contribution in [2.75, 3.05) is 10.0 Å². The van der Waals surface area contributed by atoms with Gasteiger partial charge in [0.1, 0.15) is 0 Å². The van der Waals surface area contributed by atoms with Gasteiger partial charge in [-0.3, -0.25) is 9.52 Å². The van der Waals surface area contributed by atoms with E-state index < -0.39 is 10.0 Å². The first-order chi connectivity index (χ1) is 12.4. The maximum Gasteiger partial charge on any atom is 0.261 e. The molecule has 0 aromatic heterocycles. The fourth-order valence-corrected chi connectivity index (χ4v) is 4.48. The highest BCUT2D eigenvalue weighted by atomic mass is 35.5. The van der Waals surface area contributed by atoms with Gasteiger partial charge in [-0.1, -0.05) is 36.6 Å². The van der Waals surface area contributed by atoms with E-state index in [1.165, 1.54) is 31.0 Å². The van der Waals surface area contributed by atoms with Gasteiger partial charge in [0.15, 0.2) is 0 Å². The molecule has 0 saturated heterocycles. The zero-order valence-corrected chi connectivity index (χ0v) is 15.8. The standard InChI is InChI=1S/C19H21ClN2O3S/c20-15-7-3-9-17(12-15)22-26(24,25)18-10-4-8-16(13-18)21-19(23)11-14-5-1-2-6-14/h3-4,7-10,12-14,22H,1-2,5-6,11H2,(H,21,23). The summed E-state index contributed by atoms with van der Waals surface area (Å²) in [5.74, 6) is 0.362. The molecule has 1 saturated carbocycles. The molecule has 0 atom stereocenters. The number of sulfonamides is 1. The van der Waals surface area contributed by atoms with Crippen molar-refractivity contribution in [1.82, 2.24) is 0 Å². The largest absolute Gasteiger partial charge is 0.326 e. The third-order valence-electron chi connectivity index (χ3n) is 4.45. The summed E-state index contributed by atoms with van der Waals surface area (Å²) in [6, 6.07) is 12.7. The quantitative estimate of drug-likeness (QED) is 0.750. The van der Waals surface area contributed by atoms with Crippen molar-refractivity contribution in [2.45, 2.75) is 37.0 Å². The van der Waals surface area contributed by atoms with Crippen LogP contribution in [0, 0.1) is 5.92 Å². The van der Waals surface area contributed by atoms with E-state index in [0.717, 1.165) is 12.8 Å². The average molecular weight is 393 g/mol. The van der Waals surface area contributed by atoms with Crippen LogP contribution >= 0.6 is 11.6 Å². The van der Waals surface area contributed by atoms with Crippen LogP contribution < -0.4 is 10.0 Å². The van der Waals surface area contributed by atoms with Crippen LogP contribution in [0.1, 0.15) is 32.1 Å². The van der Waals surface area contributed by atoms with Crippen LogP contribution in [0.2, 0.25) is 5.02 Å². The molecule has 138 valence electrons. The molecular formula is C19H21ClN2O3S. The lowest BCUT2D eigenvalue weighted by Gasteiger charge is -2.12. The monoisotopic (exact) mass is 392 g/mol. The predicted molar refractivity (Wildman–Crippen MR) is 104 cm³/mol. The summed E-state index contributed by atoms with van der Waals surface area (Å²) < 4.78 is 27.6. The SMILES string of the molecule is O=C(CC1CCCC1)Nc1cccc(S(=O)(=O)Nc2cccc(Cl)c2)c1. The van der Waals surface area contributed by atoms with E-state index in [1.807, 2.05) is 0 Å². The Balaban J connectivity index is 1.70. The fraction of sp³-hybridized carbons (Fsp3) is 0.316. The molecule has 0 unspecified atom stereocenters. The number of rotatable bonds is 6. The summed E-state index contributed by atoms with van der Waals surface area (Å²) in [7, 11) is -3.77. The van der Waals surface area contributed by atoms with Crippen molar-refractivity contribution < 1.29 is 13.2 Å². The highest BCUT2D eigenvalue weighted by Crippen LogP contribution is 2.28. The lowest BCUT2D eigenvalue weighted by atomic mass is 10.0.